The second-order valence-corrected chi connectivity index (χ2v) is 8.23. The average molecular weight is 417 g/mol. The van der Waals surface area contributed by atoms with Gasteiger partial charge < -0.3 is 19.7 Å². The summed E-state index contributed by atoms with van der Waals surface area (Å²) >= 11 is 0. The minimum absolute atomic E-state index is 0.499. The Morgan fingerprint density at radius 2 is 1.71 bits per heavy atom. The molecule has 1 N–H and O–H groups in total. The highest BCUT2D eigenvalue weighted by molar-refractivity contribution is 5.55. The Morgan fingerprint density at radius 1 is 0.968 bits per heavy atom. The molecule has 0 spiro atoms. The molecule has 2 aliphatic rings. The summed E-state index contributed by atoms with van der Waals surface area (Å²) in [6.07, 6.45) is 3.31. The molecule has 0 amide bonds. The summed E-state index contributed by atoms with van der Waals surface area (Å²) < 4.78 is 11.0. The Hall–Kier alpha value is -3.28. The normalized spacial score (nSPS) is 15.4. The van der Waals surface area contributed by atoms with E-state index in [0.29, 0.717) is 5.92 Å². The Bertz CT molecular complexity index is 1070. The number of hydrogen-bond acceptors (Lipinski definition) is 6. The second kappa shape index (κ2) is 8.46. The maximum Gasteiger partial charge on any atom is 0.161 e. The van der Waals surface area contributed by atoms with Gasteiger partial charge in [0.25, 0.3) is 0 Å². The van der Waals surface area contributed by atoms with Gasteiger partial charge in [-0.25, -0.2) is 9.97 Å². The third-order valence-electron chi connectivity index (χ3n) is 6.03. The smallest absolute Gasteiger partial charge is 0.161 e. The molecule has 1 aliphatic heterocycles. The van der Waals surface area contributed by atoms with Gasteiger partial charge in [0.2, 0.25) is 0 Å². The van der Waals surface area contributed by atoms with Crippen LogP contribution in [-0.4, -0.2) is 30.7 Å². The summed E-state index contributed by atoms with van der Waals surface area (Å²) in [5.41, 5.74) is 3.81. The molecule has 1 saturated carbocycles. The molecule has 2 aromatic carbocycles. The monoisotopic (exact) mass is 416 g/mol. The lowest BCUT2D eigenvalue weighted by atomic mass is 9.99. The van der Waals surface area contributed by atoms with Crippen LogP contribution in [0.1, 0.15) is 41.3 Å². The summed E-state index contributed by atoms with van der Waals surface area (Å²) in [6.45, 7) is 2.47. The van der Waals surface area contributed by atoms with Crippen molar-refractivity contribution in [2.24, 2.45) is 0 Å². The molecule has 0 unspecified atom stereocenters. The lowest BCUT2D eigenvalue weighted by Crippen LogP contribution is -2.31. The third kappa shape index (κ3) is 4.29. The fourth-order valence-corrected chi connectivity index (χ4v) is 4.10. The van der Waals surface area contributed by atoms with Crippen molar-refractivity contribution < 1.29 is 9.47 Å². The van der Waals surface area contributed by atoms with Crippen molar-refractivity contribution in [3.8, 4) is 11.5 Å². The zero-order chi connectivity index (χ0) is 21.2. The van der Waals surface area contributed by atoms with Gasteiger partial charge in [0.1, 0.15) is 17.5 Å². The van der Waals surface area contributed by atoms with Crippen molar-refractivity contribution in [1.82, 2.24) is 9.97 Å². The van der Waals surface area contributed by atoms with Crippen molar-refractivity contribution in [3.05, 3.63) is 71.0 Å². The minimum Gasteiger partial charge on any atom is -0.493 e. The van der Waals surface area contributed by atoms with E-state index >= 15 is 0 Å². The van der Waals surface area contributed by atoms with Gasteiger partial charge in [-0.3, -0.25) is 0 Å². The topological polar surface area (TPSA) is 59.5 Å². The van der Waals surface area contributed by atoms with Crippen molar-refractivity contribution in [2.75, 3.05) is 31.0 Å². The largest absolute Gasteiger partial charge is 0.493 e. The van der Waals surface area contributed by atoms with E-state index in [2.05, 4.69) is 52.7 Å². The molecule has 1 aliphatic carbocycles. The first kappa shape index (κ1) is 19.7. The highest BCUT2D eigenvalue weighted by atomic mass is 16.5. The summed E-state index contributed by atoms with van der Waals surface area (Å²) in [5.74, 6) is 4.92. The van der Waals surface area contributed by atoms with Crippen LogP contribution < -0.4 is 19.7 Å². The van der Waals surface area contributed by atoms with Gasteiger partial charge in [-0.15, -0.1) is 0 Å². The molecule has 6 heteroatoms. The van der Waals surface area contributed by atoms with E-state index in [0.717, 1.165) is 55.0 Å². The predicted octanol–water partition coefficient (Wildman–Crippen LogP) is 4.55. The van der Waals surface area contributed by atoms with Crippen LogP contribution in [0.25, 0.3) is 0 Å². The molecule has 0 atom stereocenters. The number of fused-ring (bicyclic) bond motifs is 1. The van der Waals surface area contributed by atoms with Gasteiger partial charge >= 0.3 is 0 Å². The number of nitrogens with zero attached hydrogens (tertiary/aromatic N) is 3. The number of hydrogen-bond donors (Lipinski definition) is 1. The lowest BCUT2D eigenvalue weighted by molar-refractivity contribution is 0.353. The van der Waals surface area contributed by atoms with Crippen LogP contribution in [0.2, 0.25) is 0 Å². The highest BCUT2D eigenvalue weighted by Crippen LogP contribution is 2.40. The number of ether oxygens (including phenoxy) is 2. The van der Waals surface area contributed by atoms with Crippen molar-refractivity contribution >= 4 is 11.6 Å². The summed E-state index contributed by atoms with van der Waals surface area (Å²) in [7, 11) is 3.37. The molecule has 6 nitrogen and oxygen atoms in total. The van der Waals surface area contributed by atoms with Gasteiger partial charge in [0.15, 0.2) is 11.5 Å². The van der Waals surface area contributed by atoms with Crippen LogP contribution >= 0.6 is 0 Å². The Balaban J connectivity index is 1.40. The molecular weight excluding hydrogens is 388 g/mol. The number of anilines is 2. The Labute approximate surface area is 183 Å². The van der Waals surface area contributed by atoms with E-state index in [1.807, 2.05) is 6.07 Å². The van der Waals surface area contributed by atoms with Crippen LogP contribution in [0.3, 0.4) is 0 Å². The quantitative estimate of drug-likeness (QED) is 0.610. The molecule has 1 fully saturated rings. The van der Waals surface area contributed by atoms with Crippen LogP contribution in [-0.2, 0) is 19.5 Å². The van der Waals surface area contributed by atoms with E-state index in [4.69, 9.17) is 19.4 Å². The van der Waals surface area contributed by atoms with Crippen LogP contribution in [0.4, 0.5) is 11.6 Å². The fraction of sp³-hybridized carbons (Fsp3) is 0.360. The van der Waals surface area contributed by atoms with Gasteiger partial charge in [-0.05, 0) is 48.1 Å². The van der Waals surface area contributed by atoms with Gasteiger partial charge in [-0.1, -0.05) is 30.3 Å². The van der Waals surface area contributed by atoms with Crippen LogP contribution in [0.15, 0.2) is 48.5 Å². The fourth-order valence-electron chi connectivity index (χ4n) is 4.10. The molecule has 0 saturated heterocycles. The maximum absolute atomic E-state index is 5.52. The first-order valence-corrected chi connectivity index (χ1v) is 10.9. The molecule has 2 heterocycles. The molecular formula is C25H28N4O2. The first-order chi connectivity index (χ1) is 15.2. The van der Waals surface area contributed by atoms with E-state index in [9.17, 15) is 0 Å². The van der Waals surface area contributed by atoms with E-state index < -0.39 is 0 Å². The molecule has 3 aromatic rings. The molecule has 1 aromatic heterocycles. The summed E-state index contributed by atoms with van der Waals surface area (Å²) in [4.78, 5) is 12.1. The summed E-state index contributed by atoms with van der Waals surface area (Å²) in [6, 6.07) is 16.7. The van der Waals surface area contributed by atoms with Crippen molar-refractivity contribution in [3.63, 3.8) is 0 Å². The molecule has 31 heavy (non-hydrogen) atoms. The van der Waals surface area contributed by atoms with Gasteiger partial charge in [-0.2, -0.15) is 0 Å². The standard InChI is InChI=1S/C25H28N4O2/c1-30-21-12-19-10-11-29(16-20(19)13-22(21)31-2)24-14-23(27-25(28-24)18-8-9-18)26-15-17-6-4-3-5-7-17/h3-7,12-14,18H,8-11,15-16H2,1-2H3,(H,26,27,28). The first-order valence-electron chi connectivity index (χ1n) is 10.9. The Kier molecular flexibility index (Phi) is 5.37. The SMILES string of the molecule is COc1cc2c(cc1OC)CN(c1cc(NCc3ccccc3)nc(C3CC3)n1)CC2. The number of nitrogens with one attached hydrogen (secondary N) is 1. The second-order valence-electron chi connectivity index (χ2n) is 8.23. The molecule has 0 radical (unpaired) electrons. The van der Waals surface area contributed by atoms with Gasteiger partial charge in [0, 0.05) is 31.6 Å². The minimum atomic E-state index is 0.499. The lowest BCUT2D eigenvalue weighted by Gasteiger charge is -2.31. The third-order valence-corrected chi connectivity index (χ3v) is 6.03. The highest BCUT2D eigenvalue weighted by Gasteiger charge is 2.29. The Morgan fingerprint density at radius 3 is 2.42 bits per heavy atom. The maximum atomic E-state index is 5.52. The zero-order valence-corrected chi connectivity index (χ0v) is 18.1. The number of rotatable bonds is 7. The summed E-state index contributed by atoms with van der Waals surface area (Å²) in [5, 5.41) is 3.50. The predicted molar refractivity (Wildman–Crippen MR) is 122 cm³/mol. The van der Waals surface area contributed by atoms with E-state index in [1.54, 1.807) is 14.2 Å². The van der Waals surface area contributed by atoms with Crippen LogP contribution in [0, 0.1) is 0 Å². The van der Waals surface area contributed by atoms with Crippen LogP contribution in [0.5, 0.6) is 11.5 Å². The number of benzene rings is 2. The molecule has 5 rings (SSSR count). The van der Waals surface area contributed by atoms with Crippen molar-refractivity contribution in [2.45, 2.75) is 38.3 Å². The number of methoxy groups -OCH3 is 2. The van der Waals surface area contributed by atoms with Crippen molar-refractivity contribution in [1.29, 1.82) is 0 Å². The number of aromatic nitrogens is 2. The van der Waals surface area contributed by atoms with E-state index in [-0.39, 0.29) is 0 Å². The zero-order valence-electron chi connectivity index (χ0n) is 18.1. The average Bonchev–Trinajstić information content (AvgIpc) is 3.67. The molecule has 160 valence electrons. The van der Waals surface area contributed by atoms with E-state index in [1.165, 1.54) is 29.5 Å². The van der Waals surface area contributed by atoms with Gasteiger partial charge in [0.05, 0.1) is 14.2 Å². The molecule has 0 bridgehead atoms.